The van der Waals surface area contributed by atoms with Crippen molar-refractivity contribution in [3.63, 3.8) is 0 Å². The van der Waals surface area contributed by atoms with Crippen LogP contribution in [0.4, 0.5) is 10.9 Å². The van der Waals surface area contributed by atoms with Gasteiger partial charge >= 0.3 is 11.9 Å². The lowest BCUT2D eigenvalue weighted by Gasteiger charge is -2.36. The molecule has 0 aliphatic carbocycles. The molecule has 0 spiro atoms. The molecule has 5 rings (SSSR count). The summed E-state index contributed by atoms with van der Waals surface area (Å²) in [6.07, 6.45) is 2.72. The Bertz CT molecular complexity index is 1710. The average molecular weight is 593 g/mol. The van der Waals surface area contributed by atoms with Gasteiger partial charge in [-0.15, -0.1) is 11.3 Å². The third-order valence-corrected chi connectivity index (χ3v) is 8.24. The van der Waals surface area contributed by atoms with Gasteiger partial charge in [-0.3, -0.25) is 4.79 Å². The number of aromatic nitrogens is 3. The van der Waals surface area contributed by atoms with E-state index in [4.69, 9.17) is 17.0 Å². The van der Waals surface area contributed by atoms with Gasteiger partial charge in [-0.1, -0.05) is 29.8 Å². The number of aryl methyl sites for hydroxylation is 2. The molecule has 4 aromatic rings. The summed E-state index contributed by atoms with van der Waals surface area (Å²) in [5.74, 6) is -1.27. The zero-order valence-electron chi connectivity index (χ0n) is 22.7. The summed E-state index contributed by atoms with van der Waals surface area (Å²) >= 11 is 7.11. The summed E-state index contributed by atoms with van der Waals surface area (Å²) in [7, 11) is 1.36. The first-order valence-corrected chi connectivity index (χ1v) is 14.2. The molecule has 4 heterocycles. The van der Waals surface area contributed by atoms with E-state index in [0.717, 1.165) is 16.7 Å². The number of ether oxygens (including phenoxy) is 1. The molecule has 1 fully saturated rings. The van der Waals surface area contributed by atoms with Gasteiger partial charge in [-0.25, -0.2) is 14.6 Å². The van der Waals surface area contributed by atoms with Crippen LogP contribution in [-0.2, 0) is 11.3 Å². The first kappa shape index (κ1) is 28.2. The van der Waals surface area contributed by atoms with E-state index in [1.54, 1.807) is 4.57 Å². The quantitative estimate of drug-likeness (QED) is 0.250. The molecule has 212 valence electrons. The van der Waals surface area contributed by atoms with Crippen molar-refractivity contribution >= 4 is 62.6 Å². The lowest BCUT2D eigenvalue weighted by atomic mass is 10.0. The minimum Gasteiger partial charge on any atom is -0.477 e. The van der Waals surface area contributed by atoms with Crippen molar-refractivity contribution in [2.45, 2.75) is 20.4 Å². The van der Waals surface area contributed by atoms with E-state index in [0.29, 0.717) is 60.0 Å². The number of rotatable bonds is 6. The predicted octanol–water partition coefficient (Wildman–Crippen LogP) is 3.85. The zero-order valence-corrected chi connectivity index (χ0v) is 24.3. The van der Waals surface area contributed by atoms with Gasteiger partial charge in [0.1, 0.15) is 21.8 Å². The maximum Gasteiger partial charge on any atom is 0.341 e. The van der Waals surface area contributed by atoms with Gasteiger partial charge < -0.3 is 29.5 Å². The fraction of sp³-hybridized carbons (Fsp3) is 0.286. The second-order valence-electron chi connectivity index (χ2n) is 9.49. The van der Waals surface area contributed by atoms with Crippen LogP contribution in [-0.4, -0.2) is 74.9 Å². The molecule has 1 saturated heterocycles. The molecule has 1 aliphatic heterocycles. The van der Waals surface area contributed by atoms with Crippen LogP contribution in [0.2, 0.25) is 0 Å². The van der Waals surface area contributed by atoms with E-state index in [-0.39, 0.29) is 10.9 Å². The van der Waals surface area contributed by atoms with Crippen molar-refractivity contribution in [3.8, 4) is 11.1 Å². The number of hydrogen-bond acceptors (Lipinski definition) is 9. The van der Waals surface area contributed by atoms with Gasteiger partial charge in [0.2, 0.25) is 11.4 Å². The summed E-state index contributed by atoms with van der Waals surface area (Å²) in [6.45, 7) is 6.61. The van der Waals surface area contributed by atoms with Crippen molar-refractivity contribution in [2.75, 3.05) is 43.5 Å². The Morgan fingerprint density at radius 2 is 1.88 bits per heavy atom. The van der Waals surface area contributed by atoms with Crippen molar-refractivity contribution in [1.29, 1.82) is 0 Å². The molecule has 41 heavy (non-hydrogen) atoms. The van der Waals surface area contributed by atoms with Crippen LogP contribution in [0.15, 0.2) is 46.8 Å². The number of thiophene rings is 1. The minimum atomic E-state index is -1.28. The molecular weight excluding hydrogens is 564 g/mol. The van der Waals surface area contributed by atoms with Crippen LogP contribution >= 0.6 is 23.6 Å². The van der Waals surface area contributed by atoms with E-state index < -0.39 is 17.4 Å². The number of benzene rings is 1. The lowest BCUT2D eigenvalue weighted by molar-refractivity contribution is 0.0602. The average Bonchev–Trinajstić information content (AvgIpc) is 3.40. The number of pyridine rings is 1. The number of piperazine rings is 1. The fourth-order valence-electron chi connectivity index (χ4n) is 4.70. The Morgan fingerprint density at radius 3 is 2.51 bits per heavy atom. The maximum atomic E-state index is 12.7. The van der Waals surface area contributed by atoms with E-state index in [2.05, 4.69) is 15.3 Å². The number of carboxylic acid groups (broad SMARTS) is 1. The molecule has 0 radical (unpaired) electrons. The van der Waals surface area contributed by atoms with Crippen LogP contribution in [0.25, 0.3) is 22.2 Å². The van der Waals surface area contributed by atoms with Crippen LogP contribution < -0.4 is 15.6 Å². The number of nitrogens with zero attached hydrogens (tertiary/aromatic N) is 5. The minimum absolute atomic E-state index is 0.168. The monoisotopic (exact) mass is 592 g/mol. The highest BCUT2D eigenvalue weighted by Crippen LogP contribution is 2.36. The normalized spacial score (nSPS) is 13.3. The highest BCUT2D eigenvalue weighted by Gasteiger charge is 2.26. The molecule has 0 atom stereocenters. The number of hydrogen-bond donors (Lipinski definition) is 2. The highest BCUT2D eigenvalue weighted by atomic mass is 32.1. The number of fused-ring (bicyclic) bond motifs is 1. The summed E-state index contributed by atoms with van der Waals surface area (Å²) < 4.78 is 6.73. The summed E-state index contributed by atoms with van der Waals surface area (Å²) in [5.41, 5.74) is 2.76. The predicted molar refractivity (Wildman–Crippen MR) is 162 cm³/mol. The third-order valence-electron chi connectivity index (χ3n) is 6.99. The maximum absolute atomic E-state index is 12.7. The zero-order chi connectivity index (χ0) is 29.3. The number of thiocarbonyl (C=S) groups is 1. The number of anilines is 2. The Labute approximate surface area is 245 Å². The van der Waals surface area contributed by atoms with Crippen molar-refractivity contribution in [3.05, 3.63) is 69.0 Å². The third kappa shape index (κ3) is 5.50. The van der Waals surface area contributed by atoms with Crippen LogP contribution in [0.5, 0.6) is 0 Å². The van der Waals surface area contributed by atoms with Crippen LogP contribution in [0, 0.1) is 6.92 Å². The molecule has 1 aromatic carbocycles. The largest absolute Gasteiger partial charge is 0.477 e. The molecule has 0 bridgehead atoms. The first-order chi connectivity index (χ1) is 19.7. The lowest BCUT2D eigenvalue weighted by Crippen LogP contribution is -2.50. The highest BCUT2D eigenvalue weighted by molar-refractivity contribution is 7.80. The van der Waals surface area contributed by atoms with E-state index >= 15 is 0 Å². The molecule has 0 saturated carbocycles. The fourth-order valence-corrected chi connectivity index (χ4v) is 6.00. The topological polar surface area (TPSA) is 130 Å². The van der Waals surface area contributed by atoms with Crippen molar-refractivity contribution in [1.82, 2.24) is 19.4 Å². The van der Waals surface area contributed by atoms with Gasteiger partial charge in [-0.05, 0) is 31.6 Å². The summed E-state index contributed by atoms with van der Waals surface area (Å²) in [6, 6.07) is 7.95. The Balaban J connectivity index is 1.31. The van der Waals surface area contributed by atoms with Crippen molar-refractivity contribution < 1.29 is 19.4 Å². The molecule has 11 nitrogen and oxygen atoms in total. The second-order valence-corrected chi connectivity index (χ2v) is 10.8. The Morgan fingerprint density at radius 1 is 1.17 bits per heavy atom. The van der Waals surface area contributed by atoms with Gasteiger partial charge in [-0.2, -0.15) is 4.98 Å². The van der Waals surface area contributed by atoms with Crippen LogP contribution in [0.1, 0.15) is 33.2 Å². The summed E-state index contributed by atoms with van der Waals surface area (Å²) in [4.78, 5) is 49.9. The molecule has 13 heteroatoms. The smallest absolute Gasteiger partial charge is 0.341 e. The van der Waals surface area contributed by atoms with E-state index in [1.165, 1.54) is 30.8 Å². The van der Waals surface area contributed by atoms with Crippen molar-refractivity contribution in [2.24, 2.45) is 0 Å². The van der Waals surface area contributed by atoms with Gasteiger partial charge in [0.15, 0.2) is 5.11 Å². The van der Waals surface area contributed by atoms with Gasteiger partial charge in [0.05, 0.1) is 12.5 Å². The first-order valence-electron chi connectivity index (χ1n) is 12.9. The second kappa shape index (κ2) is 11.6. The molecule has 0 unspecified atom stereocenters. The summed E-state index contributed by atoms with van der Waals surface area (Å²) in [5, 5.41) is 15.8. The molecular formula is C28H28N6O5S2. The molecule has 3 aromatic heterocycles. The number of esters is 1. The standard InChI is InChI=1S/C28H28N6O5S2/c1-4-32-14-19(25(36)37)22(35)18-13-29-27(30-23(18)32)33-9-11-34(12-10-33)28(40)31-24-21(26(38)39-3)20(15-41-24)17-7-5-16(2)6-8-17/h5-8,13-15H,4,9-12H2,1-3H3,(H,31,40)(H,36,37). The molecule has 1 aliphatic rings. The van der Waals surface area contributed by atoms with E-state index in [1.807, 2.05) is 53.3 Å². The number of carbonyl (C=O) groups excluding carboxylic acids is 1. The SMILES string of the molecule is CCn1cc(C(=O)O)c(=O)c2cnc(N3CCN(C(=S)Nc4scc(-c5ccc(C)cc5)c4C(=O)OC)CC3)nc21. The number of aromatic carboxylic acids is 1. The van der Waals surface area contributed by atoms with Gasteiger partial charge in [0, 0.05) is 56.1 Å². The number of methoxy groups -OCH3 is 1. The number of nitrogens with one attached hydrogen (secondary N) is 1. The number of carbonyl (C=O) groups is 2. The van der Waals surface area contributed by atoms with Gasteiger partial charge in [0.25, 0.3) is 0 Å². The molecule has 0 amide bonds. The van der Waals surface area contributed by atoms with E-state index in [9.17, 15) is 19.5 Å². The Hall–Kier alpha value is -4.36. The Kier molecular flexibility index (Phi) is 7.99. The molecule has 2 N–H and O–H groups in total. The number of carboxylic acids is 1. The van der Waals surface area contributed by atoms with Crippen LogP contribution in [0.3, 0.4) is 0 Å².